The summed E-state index contributed by atoms with van der Waals surface area (Å²) in [5.41, 5.74) is 1.41. The molecule has 0 aliphatic carbocycles. The van der Waals surface area contributed by atoms with Crippen molar-refractivity contribution >= 4 is 22.5 Å². The maximum atomic E-state index is 11.5. The monoisotopic (exact) mass is 193 g/mol. The molecule has 1 heterocycles. The third-order valence-electron chi connectivity index (χ3n) is 2.03. The zero-order valence-electron chi connectivity index (χ0n) is 7.12. The molecule has 0 spiro atoms. The minimum absolute atomic E-state index is 0.249. The first-order chi connectivity index (χ1) is 6.20. The van der Waals surface area contributed by atoms with Crippen LogP contribution in [0.2, 0.25) is 5.15 Å². The van der Waals surface area contributed by atoms with Gasteiger partial charge in [-0.15, -0.1) is 0 Å². The fraction of sp³-hybridized carbons (Fsp3) is 0.100. The maximum absolute atomic E-state index is 11.5. The van der Waals surface area contributed by atoms with E-state index in [4.69, 9.17) is 11.6 Å². The largest absolute Gasteiger partial charge is 0.617 e. The normalized spacial score (nSPS) is 10.6. The van der Waals surface area contributed by atoms with Crippen LogP contribution in [0.5, 0.6) is 0 Å². The number of hydrogen-bond acceptors (Lipinski definition) is 1. The van der Waals surface area contributed by atoms with Gasteiger partial charge in [-0.05, 0) is 30.7 Å². The molecule has 66 valence electrons. The second-order valence-corrected chi connectivity index (χ2v) is 3.33. The van der Waals surface area contributed by atoms with Gasteiger partial charge in [-0.25, -0.2) is 0 Å². The van der Waals surface area contributed by atoms with E-state index in [1.54, 1.807) is 6.07 Å². The second-order valence-electron chi connectivity index (χ2n) is 2.97. The highest BCUT2D eigenvalue weighted by atomic mass is 35.5. The number of halogens is 1. The molecule has 3 heteroatoms. The van der Waals surface area contributed by atoms with Gasteiger partial charge in [0.25, 0.3) is 5.15 Å². The lowest BCUT2D eigenvalue weighted by molar-refractivity contribution is -0.574. The maximum Gasteiger partial charge on any atom is 0.289 e. The van der Waals surface area contributed by atoms with E-state index in [-0.39, 0.29) is 5.15 Å². The molecule has 2 nitrogen and oxygen atoms in total. The number of aryl methyl sites for hydroxylation is 1. The van der Waals surface area contributed by atoms with Gasteiger partial charge in [-0.2, -0.15) is 4.73 Å². The number of rotatable bonds is 0. The van der Waals surface area contributed by atoms with Crippen molar-refractivity contribution in [2.45, 2.75) is 6.92 Å². The highest BCUT2D eigenvalue weighted by Gasteiger charge is 2.10. The molecule has 0 unspecified atom stereocenters. The molecule has 0 bridgehead atoms. The Morgan fingerprint density at radius 3 is 2.77 bits per heavy atom. The summed E-state index contributed by atoms with van der Waals surface area (Å²) >= 11 is 5.81. The number of nitrogens with zero attached hydrogens (tertiary/aromatic N) is 1. The van der Waals surface area contributed by atoms with Crippen LogP contribution in [-0.4, -0.2) is 0 Å². The summed E-state index contributed by atoms with van der Waals surface area (Å²) in [5.74, 6) is 0. The van der Waals surface area contributed by atoms with Crippen LogP contribution in [0.1, 0.15) is 5.56 Å². The average Bonchev–Trinajstić information content (AvgIpc) is 2.15. The number of pyridine rings is 1. The molecule has 0 fully saturated rings. The quantitative estimate of drug-likeness (QED) is 0.359. The van der Waals surface area contributed by atoms with Crippen LogP contribution in [0.15, 0.2) is 30.3 Å². The third kappa shape index (κ3) is 1.23. The molecular formula is C10H8ClNO. The Balaban J connectivity index is 2.94. The van der Waals surface area contributed by atoms with E-state index >= 15 is 0 Å². The zero-order chi connectivity index (χ0) is 9.42. The Morgan fingerprint density at radius 1 is 1.31 bits per heavy atom. The first kappa shape index (κ1) is 8.32. The molecule has 0 radical (unpaired) electrons. The molecule has 1 aromatic heterocycles. The Hall–Kier alpha value is -1.28. The van der Waals surface area contributed by atoms with Crippen LogP contribution in [0, 0.1) is 12.1 Å². The molecule has 13 heavy (non-hydrogen) atoms. The smallest absolute Gasteiger partial charge is 0.289 e. The molecule has 0 aliphatic heterocycles. The Bertz CT molecular complexity index is 468. The van der Waals surface area contributed by atoms with Crippen LogP contribution in [0.25, 0.3) is 10.9 Å². The molecule has 2 aromatic rings. The fourth-order valence-electron chi connectivity index (χ4n) is 1.35. The van der Waals surface area contributed by atoms with Crippen molar-refractivity contribution in [2.75, 3.05) is 0 Å². The van der Waals surface area contributed by atoms with E-state index in [1.807, 2.05) is 31.2 Å². The summed E-state index contributed by atoms with van der Waals surface area (Å²) in [6, 6.07) is 9.28. The van der Waals surface area contributed by atoms with E-state index in [0.717, 1.165) is 15.7 Å². The SMILES string of the molecule is Cc1cc2ccccc2[n+]([O-])c1Cl. The number of para-hydroxylation sites is 1. The van der Waals surface area contributed by atoms with Gasteiger partial charge in [0, 0.05) is 17.0 Å². The summed E-state index contributed by atoms with van der Waals surface area (Å²) in [4.78, 5) is 0. The average molecular weight is 194 g/mol. The molecule has 0 saturated heterocycles. The first-order valence-electron chi connectivity index (χ1n) is 3.97. The molecule has 0 aliphatic rings. The van der Waals surface area contributed by atoms with Crippen LogP contribution < -0.4 is 4.73 Å². The molecular weight excluding hydrogens is 186 g/mol. The van der Waals surface area contributed by atoms with E-state index in [9.17, 15) is 5.21 Å². The minimum atomic E-state index is 0.249. The number of benzene rings is 1. The summed E-state index contributed by atoms with van der Waals surface area (Å²) in [7, 11) is 0. The molecule has 0 N–H and O–H groups in total. The summed E-state index contributed by atoms with van der Waals surface area (Å²) < 4.78 is 0.756. The van der Waals surface area contributed by atoms with Crippen molar-refractivity contribution < 1.29 is 4.73 Å². The molecule has 0 atom stereocenters. The van der Waals surface area contributed by atoms with Crippen molar-refractivity contribution in [2.24, 2.45) is 0 Å². The fourth-order valence-corrected chi connectivity index (χ4v) is 1.50. The highest BCUT2D eigenvalue weighted by molar-refractivity contribution is 6.29. The van der Waals surface area contributed by atoms with Gasteiger partial charge in [0.2, 0.25) is 5.52 Å². The van der Waals surface area contributed by atoms with Crippen molar-refractivity contribution in [3.63, 3.8) is 0 Å². The third-order valence-corrected chi connectivity index (χ3v) is 2.48. The standard InChI is InChI=1S/C10H8ClNO/c1-7-6-8-4-2-3-5-9(8)12(13)10(7)11/h2-6H,1H3. The van der Waals surface area contributed by atoms with Crippen molar-refractivity contribution in [1.82, 2.24) is 0 Å². The van der Waals surface area contributed by atoms with Crippen LogP contribution >= 0.6 is 11.6 Å². The number of hydrogen-bond donors (Lipinski definition) is 0. The lowest BCUT2D eigenvalue weighted by atomic mass is 10.2. The van der Waals surface area contributed by atoms with Crippen molar-refractivity contribution in [1.29, 1.82) is 0 Å². The molecule has 2 rings (SSSR count). The van der Waals surface area contributed by atoms with Crippen LogP contribution in [0.3, 0.4) is 0 Å². The zero-order valence-corrected chi connectivity index (χ0v) is 7.88. The van der Waals surface area contributed by atoms with Gasteiger partial charge in [0.15, 0.2) is 0 Å². The highest BCUT2D eigenvalue weighted by Crippen LogP contribution is 2.16. The van der Waals surface area contributed by atoms with E-state index in [0.29, 0.717) is 5.52 Å². The van der Waals surface area contributed by atoms with Gasteiger partial charge < -0.3 is 5.21 Å². The van der Waals surface area contributed by atoms with Gasteiger partial charge in [-0.1, -0.05) is 12.1 Å². The van der Waals surface area contributed by atoms with Gasteiger partial charge in [0.05, 0.1) is 0 Å². The van der Waals surface area contributed by atoms with Crippen molar-refractivity contribution in [3.05, 3.63) is 46.3 Å². The van der Waals surface area contributed by atoms with Crippen LogP contribution in [-0.2, 0) is 0 Å². The summed E-state index contributed by atoms with van der Waals surface area (Å²) in [6.07, 6.45) is 0. The number of fused-ring (bicyclic) bond motifs is 1. The summed E-state index contributed by atoms with van der Waals surface area (Å²) in [6.45, 7) is 1.82. The predicted octanol–water partition coefficient (Wildman–Crippen LogP) is 2.44. The Labute approximate surface area is 81.0 Å². The van der Waals surface area contributed by atoms with E-state index in [2.05, 4.69) is 0 Å². The Morgan fingerprint density at radius 2 is 2.00 bits per heavy atom. The first-order valence-corrected chi connectivity index (χ1v) is 4.35. The van der Waals surface area contributed by atoms with Gasteiger partial charge in [0.1, 0.15) is 0 Å². The number of aromatic nitrogens is 1. The minimum Gasteiger partial charge on any atom is -0.617 e. The second kappa shape index (κ2) is 2.89. The van der Waals surface area contributed by atoms with Gasteiger partial charge in [-0.3, -0.25) is 0 Å². The molecule has 0 saturated carbocycles. The molecule has 1 aromatic carbocycles. The summed E-state index contributed by atoms with van der Waals surface area (Å²) in [5, 5.41) is 12.7. The lowest BCUT2D eigenvalue weighted by Gasteiger charge is -2.04. The lowest BCUT2D eigenvalue weighted by Crippen LogP contribution is -2.29. The Kier molecular flexibility index (Phi) is 1.85. The van der Waals surface area contributed by atoms with Gasteiger partial charge >= 0.3 is 0 Å². The molecule has 0 amide bonds. The topological polar surface area (TPSA) is 26.9 Å². The van der Waals surface area contributed by atoms with Crippen LogP contribution in [0.4, 0.5) is 0 Å². The predicted molar refractivity (Wildman–Crippen MR) is 52.7 cm³/mol. The van der Waals surface area contributed by atoms with E-state index < -0.39 is 0 Å². The van der Waals surface area contributed by atoms with E-state index in [1.165, 1.54) is 0 Å². The van der Waals surface area contributed by atoms with Crippen molar-refractivity contribution in [3.8, 4) is 0 Å².